The van der Waals surface area contributed by atoms with Crippen LogP contribution in [-0.4, -0.2) is 42.9 Å². The summed E-state index contributed by atoms with van der Waals surface area (Å²) in [7, 11) is 0. The Morgan fingerprint density at radius 1 is 1.06 bits per heavy atom. The summed E-state index contributed by atoms with van der Waals surface area (Å²) in [6.45, 7) is 3.96. The predicted octanol–water partition coefficient (Wildman–Crippen LogP) is 3.51. The van der Waals surface area contributed by atoms with Crippen LogP contribution in [0, 0.1) is 13.8 Å². The van der Waals surface area contributed by atoms with Crippen LogP contribution in [0.1, 0.15) is 36.8 Å². The van der Waals surface area contributed by atoms with Gasteiger partial charge < -0.3 is 5.32 Å². The number of carbonyl (C=O) groups excluding carboxylic acids is 2. The van der Waals surface area contributed by atoms with Crippen molar-refractivity contribution in [2.45, 2.75) is 50.7 Å². The first-order valence-electron chi connectivity index (χ1n) is 11.6. The molecule has 0 aliphatic heterocycles. The van der Waals surface area contributed by atoms with Gasteiger partial charge in [0.1, 0.15) is 0 Å². The lowest BCUT2D eigenvalue weighted by Gasteiger charge is -2.14. The van der Waals surface area contributed by atoms with Crippen molar-refractivity contribution in [3.05, 3.63) is 63.9 Å². The topological polar surface area (TPSA) is 110 Å². The SMILES string of the molecule is Cc1cccc(-n2c(=O)c3ccccc3n3c(SCC(=O)NC(=O)NC4CCCC4)nnc23)c1C. The van der Waals surface area contributed by atoms with E-state index in [0.29, 0.717) is 21.8 Å². The molecule has 2 heterocycles. The number of carbonyl (C=O) groups is 2. The average Bonchev–Trinajstić information content (AvgIpc) is 3.50. The van der Waals surface area contributed by atoms with Crippen molar-refractivity contribution in [2.24, 2.45) is 0 Å². The van der Waals surface area contributed by atoms with E-state index in [-0.39, 0.29) is 17.4 Å². The van der Waals surface area contributed by atoms with Crippen LogP contribution in [0.15, 0.2) is 52.4 Å². The first-order chi connectivity index (χ1) is 16.9. The molecular formula is C25H26N6O3S. The summed E-state index contributed by atoms with van der Waals surface area (Å²) in [6.07, 6.45) is 4.07. The molecule has 1 aliphatic carbocycles. The number of imide groups is 1. The van der Waals surface area contributed by atoms with Gasteiger partial charge in [-0.25, -0.2) is 9.36 Å². The molecule has 0 bridgehead atoms. The van der Waals surface area contributed by atoms with Crippen LogP contribution in [-0.2, 0) is 4.79 Å². The zero-order valence-electron chi connectivity index (χ0n) is 19.6. The van der Waals surface area contributed by atoms with Gasteiger partial charge in [-0.05, 0) is 56.0 Å². The minimum Gasteiger partial charge on any atom is -0.335 e. The lowest BCUT2D eigenvalue weighted by molar-refractivity contribution is -0.117. The Morgan fingerprint density at radius 2 is 1.83 bits per heavy atom. The molecule has 35 heavy (non-hydrogen) atoms. The van der Waals surface area contributed by atoms with E-state index in [0.717, 1.165) is 54.3 Å². The van der Waals surface area contributed by atoms with Crippen molar-refractivity contribution in [1.29, 1.82) is 0 Å². The third kappa shape index (κ3) is 4.41. The third-order valence-electron chi connectivity index (χ3n) is 6.49. The fraction of sp³-hybridized carbons (Fsp3) is 0.320. The van der Waals surface area contributed by atoms with E-state index in [1.165, 1.54) is 0 Å². The number of amides is 3. The molecule has 2 N–H and O–H groups in total. The average molecular weight is 491 g/mol. The normalized spacial score (nSPS) is 14.0. The smallest absolute Gasteiger partial charge is 0.321 e. The number of fused-ring (bicyclic) bond motifs is 3. The summed E-state index contributed by atoms with van der Waals surface area (Å²) in [5.41, 5.74) is 3.23. The molecule has 1 fully saturated rings. The van der Waals surface area contributed by atoms with Crippen LogP contribution >= 0.6 is 11.8 Å². The van der Waals surface area contributed by atoms with Crippen molar-refractivity contribution in [1.82, 2.24) is 29.8 Å². The van der Waals surface area contributed by atoms with E-state index in [1.54, 1.807) is 15.0 Å². The van der Waals surface area contributed by atoms with Gasteiger partial charge >= 0.3 is 6.03 Å². The maximum Gasteiger partial charge on any atom is 0.321 e. The largest absolute Gasteiger partial charge is 0.335 e. The van der Waals surface area contributed by atoms with Gasteiger partial charge in [0.2, 0.25) is 11.7 Å². The van der Waals surface area contributed by atoms with Gasteiger partial charge in [-0.1, -0.05) is 48.9 Å². The first kappa shape index (κ1) is 23.1. The zero-order chi connectivity index (χ0) is 24.5. The van der Waals surface area contributed by atoms with Gasteiger partial charge in [0.25, 0.3) is 5.56 Å². The minimum atomic E-state index is -0.470. The number of rotatable bonds is 5. The fourth-order valence-corrected chi connectivity index (χ4v) is 5.29. The standard InChI is InChI=1S/C25H26N6O3S/c1-15-8-7-13-19(16(15)2)30-22(33)18-11-5-6-12-20(18)31-24(30)28-29-25(31)35-14-21(32)27-23(34)26-17-9-3-4-10-17/h5-8,11-13,17H,3-4,9-10,14H2,1-2H3,(H2,26,27,32,34). The number of aromatic nitrogens is 4. The summed E-state index contributed by atoms with van der Waals surface area (Å²) in [4.78, 5) is 38.1. The van der Waals surface area contributed by atoms with E-state index < -0.39 is 11.9 Å². The number of hydrogen-bond donors (Lipinski definition) is 2. The molecule has 9 nitrogen and oxygen atoms in total. The molecule has 2 aromatic carbocycles. The number of para-hydroxylation sites is 1. The summed E-state index contributed by atoms with van der Waals surface area (Å²) >= 11 is 1.16. The quantitative estimate of drug-likeness (QED) is 0.414. The Hall–Kier alpha value is -3.66. The van der Waals surface area contributed by atoms with Crippen LogP contribution < -0.4 is 16.2 Å². The van der Waals surface area contributed by atoms with Crippen LogP contribution in [0.3, 0.4) is 0 Å². The van der Waals surface area contributed by atoms with Gasteiger partial charge in [0.15, 0.2) is 5.16 Å². The van der Waals surface area contributed by atoms with Crippen molar-refractivity contribution in [2.75, 3.05) is 5.75 Å². The van der Waals surface area contributed by atoms with E-state index in [1.807, 2.05) is 50.2 Å². The number of nitrogens with zero attached hydrogens (tertiary/aromatic N) is 4. The molecule has 1 saturated carbocycles. The maximum absolute atomic E-state index is 13.5. The van der Waals surface area contributed by atoms with Crippen molar-refractivity contribution in [3.63, 3.8) is 0 Å². The Kier molecular flexibility index (Phi) is 6.29. The molecule has 0 atom stereocenters. The van der Waals surface area contributed by atoms with Crippen LogP contribution in [0.2, 0.25) is 0 Å². The van der Waals surface area contributed by atoms with Crippen molar-refractivity contribution < 1.29 is 9.59 Å². The molecule has 1 aliphatic rings. The second-order valence-corrected chi connectivity index (χ2v) is 9.73. The zero-order valence-corrected chi connectivity index (χ0v) is 20.4. The predicted molar refractivity (Wildman–Crippen MR) is 135 cm³/mol. The van der Waals surface area contributed by atoms with Crippen LogP contribution in [0.4, 0.5) is 4.79 Å². The third-order valence-corrected chi connectivity index (χ3v) is 7.42. The Balaban J connectivity index is 1.48. The number of urea groups is 1. The van der Waals surface area contributed by atoms with Gasteiger partial charge in [-0.3, -0.25) is 19.3 Å². The first-order valence-corrected chi connectivity index (χ1v) is 12.6. The van der Waals surface area contributed by atoms with Gasteiger partial charge in [0, 0.05) is 6.04 Å². The highest BCUT2D eigenvalue weighted by atomic mass is 32.2. The number of benzene rings is 2. The molecule has 10 heteroatoms. The molecule has 4 aromatic rings. The summed E-state index contributed by atoms with van der Waals surface area (Å²) < 4.78 is 3.35. The molecule has 2 aromatic heterocycles. The Labute approximate surface area is 205 Å². The molecule has 3 amide bonds. The number of aryl methyl sites for hydroxylation is 1. The molecular weight excluding hydrogens is 464 g/mol. The maximum atomic E-state index is 13.5. The lowest BCUT2D eigenvalue weighted by Crippen LogP contribution is -2.44. The van der Waals surface area contributed by atoms with Gasteiger partial charge in [-0.15, -0.1) is 10.2 Å². The van der Waals surface area contributed by atoms with Crippen LogP contribution in [0.5, 0.6) is 0 Å². The molecule has 5 rings (SSSR count). The minimum absolute atomic E-state index is 0.0180. The summed E-state index contributed by atoms with van der Waals surface area (Å²) in [5.74, 6) is -0.0748. The van der Waals surface area contributed by atoms with E-state index >= 15 is 0 Å². The highest BCUT2D eigenvalue weighted by molar-refractivity contribution is 7.99. The second kappa shape index (κ2) is 9.53. The number of thioether (sulfide) groups is 1. The van der Waals surface area contributed by atoms with Crippen molar-refractivity contribution in [3.8, 4) is 5.69 Å². The second-order valence-electron chi connectivity index (χ2n) is 8.79. The number of hydrogen-bond acceptors (Lipinski definition) is 6. The molecule has 0 unspecified atom stereocenters. The van der Waals surface area contributed by atoms with Crippen molar-refractivity contribution >= 4 is 40.4 Å². The van der Waals surface area contributed by atoms with E-state index in [9.17, 15) is 14.4 Å². The molecule has 0 spiro atoms. The van der Waals surface area contributed by atoms with E-state index in [4.69, 9.17) is 0 Å². The Morgan fingerprint density at radius 3 is 2.63 bits per heavy atom. The van der Waals surface area contributed by atoms with E-state index in [2.05, 4.69) is 20.8 Å². The lowest BCUT2D eigenvalue weighted by atomic mass is 10.1. The highest BCUT2D eigenvalue weighted by Gasteiger charge is 2.21. The summed E-state index contributed by atoms with van der Waals surface area (Å²) in [5, 5.41) is 14.8. The monoisotopic (exact) mass is 490 g/mol. The molecule has 0 saturated heterocycles. The fourth-order valence-electron chi connectivity index (χ4n) is 4.55. The Bertz CT molecular complexity index is 1500. The summed E-state index contributed by atoms with van der Waals surface area (Å²) in [6, 6.07) is 12.7. The van der Waals surface area contributed by atoms with Crippen LogP contribution in [0.25, 0.3) is 22.4 Å². The van der Waals surface area contributed by atoms with Gasteiger partial charge in [-0.2, -0.15) is 0 Å². The van der Waals surface area contributed by atoms with Gasteiger partial charge in [0.05, 0.1) is 22.3 Å². The molecule has 180 valence electrons. The number of nitrogens with one attached hydrogen (secondary N) is 2. The molecule has 0 radical (unpaired) electrons. The highest BCUT2D eigenvalue weighted by Crippen LogP contribution is 2.25.